The Labute approximate surface area is 246 Å². The number of rotatable bonds is 6. The first-order chi connectivity index (χ1) is 19.6. The van der Waals surface area contributed by atoms with E-state index in [2.05, 4.69) is 37.8 Å². The van der Waals surface area contributed by atoms with Gasteiger partial charge in [0, 0.05) is 28.2 Å². The molecule has 15 heteroatoms. The summed E-state index contributed by atoms with van der Waals surface area (Å²) in [5.41, 5.74) is 2.06. The van der Waals surface area contributed by atoms with Gasteiger partial charge in [0.25, 0.3) is 15.7 Å². The SMILES string of the molecule is Cc1ccc(S(=O)(=O)n2ccc3c2ncc2nnc([C@H]4C[C@@H](OC(=O)Oc5ccc([N+](=O)[O-])cc5)C[C@H]4I)n23)cc1. The molecule has 0 unspecified atom stereocenters. The van der Waals surface area contributed by atoms with E-state index in [4.69, 9.17) is 9.47 Å². The minimum atomic E-state index is -3.89. The molecule has 0 aliphatic heterocycles. The summed E-state index contributed by atoms with van der Waals surface area (Å²) < 4.78 is 40.5. The number of nitro groups is 1. The van der Waals surface area contributed by atoms with Gasteiger partial charge in [-0.3, -0.25) is 14.5 Å². The lowest BCUT2D eigenvalue weighted by Gasteiger charge is -2.13. The van der Waals surface area contributed by atoms with Crippen molar-refractivity contribution in [3.05, 3.63) is 88.5 Å². The van der Waals surface area contributed by atoms with Crippen LogP contribution >= 0.6 is 22.6 Å². The van der Waals surface area contributed by atoms with E-state index in [9.17, 15) is 23.3 Å². The molecule has 3 heterocycles. The van der Waals surface area contributed by atoms with Crippen molar-refractivity contribution in [1.29, 1.82) is 0 Å². The molecule has 1 aliphatic carbocycles. The highest BCUT2D eigenvalue weighted by molar-refractivity contribution is 14.1. The minimum Gasteiger partial charge on any atom is -0.431 e. The van der Waals surface area contributed by atoms with Gasteiger partial charge in [-0.1, -0.05) is 40.3 Å². The number of ether oxygens (including phenoxy) is 2. The van der Waals surface area contributed by atoms with E-state index in [1.165, 1.54) is 36.7 Å². The quantitative estimate of drug-likeness (QED) is 0.0606. The molecule has 0 saturated heterocycles. The van der Waals surface area contributed by atoms with Gasteiger partial charge in [-0.2, -0.15) is 0 Å². The molecule has 41 heavy (non-hydrogen) atoms. The van der Waals surface area contributed by atoms with Crippen LogP contribution in [0.2, 0.25) is 0 Å². The van der Waals surface area contributed by atoms with E-state index in [1.807, 2.05) is 6.92 Å². The molecule has 1 aliphatic rings. The third kappa shape index (κ3) is 4.99. The van der Waals surface area contributed by atoms with Crippen LogP contribution in [0.25, 0.3) is 16.8 Å². The predicted molar refractivity (Wildman–Crippen MR) is 154 cm³/mol. The first kappa shape index (κ1) is 27.1. The van der Waals surface area contributed by atoms with Crippen molar-refractivity contribution in [2.45, 2.75) is 40.6 Å². The average Bonchev–Trinajstić information content (AvgIpc) is 3.65. The molecule has 3 atom stereocenters. The molecule has 2 aromatic carbocycles. The fourth-order valence-electron chi connectivity index (χ4n) is 4.91. The second-order valence-electron chi connectivity index (χ2n) is 9.59. The molecule has 0 radical (unpaired) electrons. The molecule has 0 amide bonds. The predicted octanol–water partition coefficient (Wildman–Crippen LogP) is 4.80. The van der Waals surface area contributed by atoms with E-state index in [0.29, 0.717) is 29.8 Å². The Bertz CT molecular complexity index is 1900. The second kappa shape index (κ2) is 10.4. The zero-order chi connectivity index (χ0) is 28.9. The van der Waals surface area contributed by atoms with Crippen molar-refractivity contribution in [2.75, 3.05) is 0 Å². The van der Waals surface area contributed by atoms with Crippen LogP contribution in [0.1, 0.15) is 30.1 Å². The molecule has 5 aromatic rings. The lowest BCUT2D eigenvalue weighted by Crippen LogP contribution is -2.18. The van der Waals surface area contributed by atoms with Crippen molar-refractivity contribution < 1.29 is 27.6 Å². The van der Waals surface area contributed by atoms with Crippen LogP contribution in [-0.4, -0.2) is 53.1 Å². The first-order valence-corrected chi connectivity index (χ1v) is 15.1. The number of hydrogen-bond acceptors (Lipinski definition) is 10. The van der Waals surface area contributed by atoms with Gasteiger partial charge in [-0.15, -0.1) is 10.2 Å². The van der Waals surface area contributed by atoms with Crippen LogP contribution in [0.4, 0.5) is 10.5 Å². The lowest BCUT2D eigenvalue weighted by molar-refractivity contribution is -0.384. The summed E-state index contributed by atoms with van der Waals surface area (Å²) in [5.74, 6) is 0.571. The standard InChI is InChI=1S/C26H21IN6O7S/c1-15-2-8-19(9-3-15)41(37,38)31-11-10-22-25(31)28-14-23-29-30-24(32(22)23)20-12-18(13-21(20)27)40-26(34)39-17-6-4-16(5-7-17)33(35)36/h2-11,14,18,20-21H,12-13H2,1H3/t18-,20+,21-/m1/s1. The fourth-order valence-corrected chi connectivity index (χ4v) is 7.39. The monoisotopic (exact) mass is 688 g/mol. The summed E-state index contributed by atoms with van der Waals surface area (Å²) in [6.45, 7) is 1.88. The Kier molecular flexibility index (Phi) is 6.85. The van der Waals surface area contributed by atoms with Crippen molar-refractivity contribution in [2.24, 2.45) is 0 Å². The highest BCUT2D eigenvalue weighted by Gasteiger charge is 2.39. The molecule has 6 rings (SSSR count). The van der Waals surface area contributed by atoms with Crippen molar-refractivity contribution in [3.63, 3.8) is 0 Å². The molecule has 0 bridgehead atoms. The van der Waals surface area contributed by atoms with Crippen LogP contribution in [0.15, 0.2) is 71.9 Å². The summed E-state index contributed by atoms with van der Waals surface area (Å²) in [5, 5.41) is 19.5. The van der Waals surface area contributed by atoms with E-state index >= 15 is 0 Å². The topological polar surface area (TPSA) is 161 Å². The molecule has 1 saturated carbocycles. The maximum atomic E-state index is 13.4. The number of nitro benzene ring substituents is 1. The number of alkyl halides is 1. The highest BCUT2D eigenvalue weighted by atomic mass is 127. The van der Waals surface area contributed by atoms with Gasteiger partial charge in [0.15, 0.2) is 11.3 Å². The number of fused-ring (bicyclic) bond motifs is 3. The number of non-ortho nitro benzene ring substituents is 1. The lowest BCUT2D eigenvalue weighted by atomic mass is 10.1. The van der Waals surface area contributed by atoms with Crippen LogP contribution in [0, 0.1) is 17.0 Å². The number of aryl methyl sites for hydroxylation is 1. The van der Waals surface area contributed by atoms with Crippen LogP contribution in [0.3, 0.4) is 0 Å². The number of carbonyl (C=O) groups excluding carboxylic acids is 1. The number of aromatic nitrogens is 5. The Balaban J connectivity index is 1.25. The van der Waals surface area contributed by atoms with E-state index in [1.54, 1.807) is 34.7 Å². The molecule has 0 N–H and O–H groups in total. The van der Waals surface area contributed by atoms with Gasteiger partial charge >= 0.3 is 6.16 Å². The van der Waals surface area contributed by atoms with Crippen molar-refractivity contribution in [3.8, 4) is 5.75 Å². The van der Waals surface area contributed by atoms with Crippen LogP contribution < -0.4 is 4.74 Å². The highest BCUT2D eigenvalue weighted by Crippen LogP contribution is 2.41. The summed E-state index contributed by atoms with van der Waals surface area (Å²) in [6, 6.07) is 13.4. The van der Waals surface area contributed by atoms with Gasteiger partial charge in [0.1, 0.15) is 17.7 Å². The summed E-state index contributed by atoms with van der Waals surface area (Å²) in [4.78, 5) is 27.2. The Morgan fingerprint density at radius 3 is 2.51 bits per heavy atom. The average molecular weight is 688 g/mol. The van der Waals surface area contributed by atoms with E-state index < -0.39 is 27.2 Å². The second-order valence-corrected chi connectivity index (χ2v) is 13.0. The molecule has 1 fully saturated rings. The Hall–Kier alpha value is -4.12. The van der Waals surface area contributed by atoms with E-state index in [-0.39, 0.29) is 31.8 Å². The summed E-state index contributed by atoms with van der Waals surface area (Å²) in [7, 11) is -3.89. The molecule has 0 spiro atoms. The normalized spacial score (nSPS) is 19.0. The Morgan fingerprint density at radius 1 is 1.07 bits per heavy atom. The third-order valence-electron chi connectivity index (χ3n) is 6.92. The number of hydrogen-bond donors (Lipinski definition) is 0. The van der Waals surface area contributed by atoms with Gasteiger partial charge in [-0.25, -0.2) is 22.2 Å². The molecule has 3 aromatic heterocycles. The number of carbonyl (C=O) groups is 1. The van der Waals surface area contributed by atoms with Crippen molar-refractivity contribution in [1.82, 2.24) is 23.6 Å². The van der Waals surface area contributed by atoms with Gasteiger partial charge in [0.2, 0.25) is 0 Å². The Morgan fingerprint density at radius 2 is 1.80 bits per heavy atom. The fraction of sp³-hybridized carbons (Fsp3) is 0.231. The maximum absolute atomic E-state index is 13.4. The van der Waals surface area contributed by atoms with Gasteiger partial charge < -0.3 is 9.47 Å². The van der Waals surface area contributed by atoms with Crippen LogP contribution in [-0.2, 0) is 14.8 Å². The minimum absolute atomic E-state index is 0.0266. The first-order valence-electron chi connectivity index (χ1n) is 12.4. The largest absolute Gasteiger partial charge is 0.514 e. The summed E-state index contributed by atoms with van der Waals surface area (Å²) >= 11 is 2.28. The number of benzene rings is 2. The molecule has 210 valence electrons. The van der Waals surface area contributed by atoms with Gasteiger partial charge in [-0.05, 0) is 50.1 Å². The number of nitrogens with zero attached hydrogens (tertiary/aromatic N) is 6. The third-order valence-corrected chi connectivity index (χ3v) is 9.98. The maximum Gasteiger partial charge on any atom is 0.514 e. The molecular formula is C26H21IN6O7S. The smallest absolute Gasteiger partial charge is 0.431 e. The van der Waals surface area contributed by atoms with Crippen molar-refractivity contribution >= 4 is 61.3 Å². The zero-order valence-corrected chi connectivity index (χ0v) is 24.3. The molecule has 13 nitrogen and oxygen atoms in total. The van der Waals surface area contributed by atoms with Crippen LogP contribution in [0.5, 0.6) is 5.75 Å². The molecular weight excluding hydrogens is 667 g/mol. The summed E-state index contributed by atoms with van der Waals surface area (Å²) in [6.07, 6.45) is 2.54. The van der Waals surface area contributed by atoms with E-state index in [0.717, 1.165) is 9.54 Å². The van der Waals surface area contributed by atoms with Gasteiger partial charge in [0.05, 0.1) is 21.5 Å². The number of halogens is 1. The zero-order valence-electron chi connectivity index (χ0n) is 21.3.